The average Bonchev–Trinajstić information content (AvgIpc) is 2.42. The first-order valence-corrected chi connectivity index (χ1v) is 6.49. The normalized spacial score (nSPS) is 10.2. The van der Waals surface area contributed by atoms with E-state index in [1.54, 1.807) is 25.1 Å². The number of nitrogens with one attached hydrogen (secondary N) is 1. The van der Waals surface area contributed by atoms with Gasteiger partial charge in [-0.25, -0.2) is 0 Å². The number of carbonyl (C=O) groups is 1. The van der Waals surface area contributed by atoms with Gasteiger partial charge in [-0.15, -0.1) is 0 Å². The summed E-state index contributed by atoms with van der Waals surface area (Å²) in [6.45, 7) is 1.79. The van der Waals surface area contributed by atoms with Gasteiger partial charge >= 0.3 is 0 Å². The fraction of sp³-hybridized carbons (Fsp3) is 0.188. The maximum absolute atomic E-state index is 11.9. The summed E-state index contributed by atoms with van der Waals surface area (Å²) in [6.07, 6.45) is 0.959. The van der Waals surface area contributed by atoms with E-state index in [9.17, 15) is 9.90 Å². The molecule has 1 amide bonds. The van der Waals surface area contributed by atoms with Crippen molar-refractivity contribution in [2.24, 2.45) is 0 Å². The Morgan fingerprint density at radius 2 is 2.00 bits per heavy atom. The number of nitrogens with two attached hydrogens (primary N) is 1. The first-order chi connectivity index (χ1) is 9.56. The van der Waals surface area contributed by atoms with Crippen molar-refractivity contribution >= 4 is 17.3 Å². The first kappa shape index (κ1) is 13.9. The standard InChI is InChI=1S/C16H18N2O2/c1-11-4-2-7-14(16(11)20)18-15(19)9-8-12-5-3-6-13(17)10-12/h2-7,10,20H,8-9,17H2,1H3,(H,18,19). The number of phenolic OH excluding ortho intramolecular Hbond substituents is 1. The minimum absolute atomic E-state index is 0.116. The van der Waals surface area contributed by atoms with Crippen LogP contribution in [0, 0.1) is 6.92 Å². The molecule has 0 saturated carbocycles. The summed E-state index contributed by atoms with van der Waals surface area (Å²) in [5, 5.41) is 12.6. The Kier molecular flexibility index (Phi) is 4.25. The lowest BCUT2D eigenvalue weighted by atomic mass is 10.1. The molecular formula is C16H18N2O2. The first-order valence-electron chi connectivity index (χ1n) is 6.49. The third-order valence-corrected chi connectivity index (χ3v) is 3.10. The van der Waals surface area contributed by atoms with E-state index in [1.807, 2.05) is 24.3 Å². The lowest BCUT2D eigenvalue weighted by molar-refractivity contribution is -0.116. The SMILES string of the molecule is Cc1cccc(NC(=O)CCc2cccc(N)c2)c1O. The molecule has 4 N–H and O–H groups in total. The fourth-order valence-corrected chi connectivity index (χ4v) is 1.98. The molecule has 0 heterocycles. The van der Waals surface area contributed by atoms with Gasteiger partial charge in [0.2, 0.25) is 5.91 Å². The highest BCUT2D eigenvalue weighted by Crippen LogP contribution is 2.26. The summed E-state index contributed by atoms with van der Waals surface area (Å²) < 4.78 is 0. The summed E-state index contributed by atoms with van der Waals surface area (Å²) >= 11 is 0. The molecule has 0 unspecified atom stereocenters. The van der Waals surface area contributed by atoms with Crippen LogP contribution in [-0.4, -0.2) is 11.0 Å². The summed E-state index contributed by atoms with van der Waals surface area (Å²) in [5.41, 5.74) is 8.59. The van der Waals surface area contributed by atoms with E-state index in [1.165, 1.54) is 0 Å². The molecule has 0 aliphatic carbocycles. The number of amides is 1. The maximum atomic E-state index is 11.9. The van der Waals surface area contributed by atoms with Crippen LogP contribution in [0.25, 0.3) is 0 Å². The van der Waals surface area contributed by atoms with Crippen LogP contribution in [0.1, 0.15) is 17.5 Å². The van der Waals surface area contributed by atoms with Gasteiger partial charge in [-0.2, -0.15) is 0 Å². The topological polar surface area (TPSA) is 75.4 Å². The summed E-state index contributed by atoms with van der Waals surface area (Å²) in [4.78, 5) is 11.9. The Bertz CT molecular complexity index is 624. The van der Waals surface area contributed by atoms with Gasteiger partial charge in [0.25, 0.3) is 0 Å². The number of phenols is 1. The third-order valence-electron chi connectivity index (χ3n) is 3.10. The van der Waals surface area contributed by atoms with E-state index in [4.69, 9.17) is 5.73 Å². The van der Waals surface area contributed by atoms with Crippen molar-refractivity contribution in [3.8, 4) is 5.75 Å². The molecule has 20 heavy (non-hydrogen) atoms. The second kappa shape index (κ2) is 6.10. The summed E-state index contributed by atoms with van der Waals surface area (Å²) in [6, 6.07) is 12.7. The highest BCUT2D eigenvalue weighted by Gasteiger charge is 2.08. The van der Waals surface area contributed by atoms with E-state index in [0.29, 0.717) is 24.2 Å². The van der Waals surface area contributed by atoms with Crippen LogP contribution in [0.4, 0.5) is 11.4 Å². The highest BCUT2D eigenvalue weighted by molar-refractivity contribution is 5.92. The molecule has 0 radical (unpaired) electrons. The minimum Gasteiger partial charge on any atom is -0.505 e. The van der Waals surface area contributed by atoms with E-state index in [-0.39, 0.29) is 11.7 Å². The highest BCUT2D eigenvalue weighted by atomic mass is 16.3. The van der Waals surface area contributed by atoms with Crippen LogP contribution in [0.2, 0.25) is 0 Å². The molecular weight excluding hydrogens is 252 g/mol. The zero-order valence-electron chi connectivity index (χ0n) is 11.4. The largest absolute Gasteiger partial charge is 0.505 e. The molecule has 2 aromatic rings. The molecule has 104 valence electrons. The monoisotopic (exact) mass is 270 g/mol. The second-order valence-corrected chi connectivity index (χ2v) is 4.76. The van der Waals surface area contributed by atoms with E-state index in [0.717, 1.165) is 11.1 Å². The molecule has 0 aromatic heterocycles. The number of para-hydroxylation sites is 1. The number of anilines is 2. The zero-order valence-corrected chi connectivity index (χ0v) is 11.4. The van der Waals surface area contributed by atoms with Crippen LogP contribution < -0.4 is 11.1 Å². The minimum atomic E-state index is -0.131. The van der Waals surface area contributed by atoms with Crippen molar-refractivity contribution in [1.82, 2.24) is 0 Å². The van der Waals surface area contributed by atoms with Gasteiger partial charge in [0.05, 0.1) is 5.69 Å². The Morgan fingerprint density at radius 3 is 2.75 bits per heavy atom. The molecule has 4 nitrogen and oxygen atoms in total. The Balaban J connectivity index is 1.94. The molecule has 0 aliphatic heterocycles. The number of nitrogen functional groups attached to an aromatic ring is 1. The van der Waals surface area contributed by atoms with Crippen LogP contribution in [0.5, 0.6) is 5.75 Å². The van der Waals surface area contributed by atoms with Gasteiger partial charge in [0.1, 0.15) is 5.75 Å². The third kappa shape index (κ3) is 3.51. The van der Waals surface area contributed by atoms with Gasteiger partial charge in [-0.3, -0.25) is 4.79 Å². The quantitative estimate of drug-likeness (QED) is 0.590. The van der Waals surface area contributed by atoms with Crippen molar-refractivity contribution in [2.45, 2.75) is 19.8 Å². The van der Waals surface area contributed by atoms with E-state index >= 15 is 0 Å². The van der Waals surface area contributed by atoms with Crippen LogP contribution >= 0.6 is 0 Å². The zero-order chi connectivity index (χ0) is 14.5. The van der Waals surface area contributed by atoms with Crippen molar-refractivity contribution in [2.75, 3.05) is 11.1 Å². The predicted octanol–water partition coefficient (Wildman–Crippen LogP) is 2.85. The van der Waals surface area contributed by atoms with Crippen molar-refractivity contribution < 1.29 is 9.90 Å². The van der Waals surface area contributed by atoms with Gasteiger partial charge in [0, 0.05) is 12.1 Å². The van der Waals surface area contributed by atoms with Crippen molar-refractivity contribution in [3.05, 3.63) is 53.6 Å². The predicted molar refractivity (Wildman–Crippen MR) is 80.6 cm³/mol. The number of aromatic hydroxyl groups is 1. The molecule has 0 aliphatic rings. The van der Waals surface area contributed by atoms with Gasteiger partial charge in [0.15, 0.2) is 0 Å². The molecule has 0 atom stereocenters. The van der Waals surface area contributed by atoms with Gasteiger partial charge in [-0.1, -0.05) is 24.3 Å². The van der Waals surface area contributed by atoms with Crippen molar-refractivity contribution in [1.29, 1.82) is 0 Å². The molecule has 0 bridgehead atoms. The molecule has 2 rings (SSSR count). The molecule has 0 fully saturated rings. The Labute approximate surface area is 118 Å². The number of benzene rings is 2. The number of hydrogen-bond donors (Lipinski definition) is 3. The lowest BCUT2D eigenvalue weighted by Crippen LogP contribution is -2.12. The van der Waals surface area contributed by atoms with Gasteiger partial charge < -0.3 is 16.2 Å². The van der Waals surface area contributed by atoms with Crippen LogP contribution in [0.3, 0.4) is 0 Å². The lowest BCUT2D eigenvalue weighted by Gasteiger charge is -2.09. The summed E-state index contributed by atoms with van der Waals surface area (Å²) in [7, 11) is 0. The molecule has 0 saturated heterocycles. The number of hydrogen-bond acceptors (Lipinski definition) is 3. The van der Waals surface area contributed by atoms with Crippen LogP contribution in [-0.2, 0) is 11.2 Å². The number of rotatable bonds is 4. The van der Waals surface area contributed by atoms with Gasteiger partial charge in [-0.05, 0) is 42.7 Å². The molecule has 2 aromatic carbocycles. The summed E-state index contributed by atoms with van der Waals surface area (Å²) in [5.74, 6) is -0.0156. The Hall–Kier alpha value is -2.49. The van der Waals surface area contributed by atoms with Crippen molar-refractivity contribution in [3.63, 3.8) is 0 Å². The molecule has 0 spiro atoms. The van der Waals surface area contributed by atoms with E-state index in [2.05, 4.69) is 5.32 Å². The maximum Gasteiger partial charge on any atom is 0.224 e. The number of aryl methyl sites for hydroxylation is 2. The second-order valence-electron chi connectivity index (χ2n) is 4.76. The Morgan fingerprint density at radius 1 is 1.25 bits per heavy atom. The fourth-order valence-electron chi connectivity index (χ4n) is 1.98. The van der Waals surface area contributed by atoms with E-state index < -0.39 is 0 Å². The smallest absolute Gasteiger partial charge is 0.224 e. The average molecular weight is 270 g/mol. The molecule has 4 heteroatoms. The number of carbonyl (C=O) groups excluding carboxylic acids is 1. The van der Waals surface area contributed by atoms with Crippen LogP contribution in [0.15, 0.2) is 42.5 Å².